The molecular weight excluding hydrogens is 196 g/mol. The van der Waals surface area contributed by atoms with E-state index >= 15 is 0 Å². The molecule has 0 saturated heterocycles. The summed E-state index contributed by atoms with van der Waals surface area (Å²) in [6.07, 6.45) is 2.88. The van der Waals surface area contributed by atoms with Crippen molar-refractivity contribution in [1.29, 1.82) is 5.41 Å². The molecule has 0 aliphatic rings. The van der Waals surface area contributed by atoms with Crippen molar-refractivity contribution in [2.24, 2.45) is 4.99 Å². The number of carbonyl (C=O) groups is 1. The van der Waals surface area contributed by atoms with E-state index < -0.39 is 0 Å². The molecule has 1 N–H and O–H groups in total. The molecule has 80 valence electrons. The van der Waals surface area contributed by atoms with Crippen LogP contribution in [0.1, 0.15) is 17.3 Å². The van der Waals surface area contributed by atoms with E-state index in [2.05, 4.69) is 9.98 Å². The molecule has 1 aromatic rings. The molecule has 0 aromatic carbocycles. The van der Waals surface area contributed by atoms with Crippen LogP contribution in [0.25, 0.3) is 0 Å². The largest absolute Gasteiger partial charge is 0.480 e. The first-order chi connectivity index (χ1) is 7.10. The normalized spacial score (nSPS) is 10.6. The lowest BCUT2D eigenvalue weighted by Crippen LogP contribution is -2.24. The minimum atomic E-state index is -0.169. The van der Waals surface area contributed by atoms with Gasteiger partial charge in [-0.15, -0.1) is 0 Å². The van der Waals surface area contributed by atoms with E-state index in [-0.39, 0.29) is 17.3 Å². The molecule has 0 atom stereocenters. The topological polar surface area (TPSA) is 80.3 Å². The summed E-state index contributed by atoms with van der Waals surface area (Å²) in [5.41, 5.74) is 0.288. The number of hydrogen-bond acceptors (Lipinski definition) is 5. The maximum absolute atomic E-state index is 11.3. The molecule has 0 unspecified atom stereocenters. The Labute approximate surface area is 86.8 Å². The van der Waals surface area contributed by atoms with E-state index in [1.54, 1.807) is 7.05 Å². The molecule has 0 aliphatic carbocycles. The summed E-state index contributed by atoms with van der Waals surface area (Å²) in [6.45, 7) is 1.41. The number of Topliss-reactive ketones (excluding diaryl/α,β-unsaturated/α-hetero) is 1. The van der Waals surface area contributed by atoms with Gasteiger partial charge in [-0.2, -0.15) is 4.98 Å². The van der Waals surface area contributed by atoms with E-state index in [4.69, 9.17) is 10.1 Å². The quantitative estimate of drug-likeness (QED) is 0.434. The fraction of sp³-hybridized carbons (Fsp3) is 0.333. The van der Waals surface area contributed by atoms with Gasteiger partial charge < -0.3 is 4.74 Å². The average molecular weight is 208 g/mol. The first-order valence-electron chi connectivity index (χ1n) is 4.25. The molecule has 0 spiro atoms. The van der Waals surface area contributed by atoms with Crippen LogP contribution in [0, 0.1) is 5.41 Å². The third-order valence-electron chi connectivity index (χ3n) is 1.76. The maximum atomic E-state index is 11.3. The SMILES string of the molecule is CN=Cn1cc(C(C)=O)c(OC)nc1=N. The summed E-state index contributed by atoms with van der Waals surface area (Å²) in [6, 6.07) is 0. The Kier molecular flexibility index (Phi) is 3.33. The third-order valence-corrected chi connectivity index (χ3v) is 1.76. The predicted molar refractivity (Wildman–Crippen MR) is 54.5 cm³/mol. The third kappa shape index (κ3) is 2.28. The molecule has 1 heterocycles. The molecule has 1 rings (SSSR count). The molecule has 0 bridgehead atoms. The highest BCUT2D eigenvalue weighted by Gasteiger charge is 2.10. The summed E-state index contributed by atoms with van der Waals surface area (Å²) in [4.78, 5) is 18.8. The van der Waals surface area contributed by atoms with Crippen LogP contribution in [0.2, 0.25) is 0 Å². The highest BCUT2D eigenvalue weighted by Crippen LogP contribution is 2.11. The molecule has 0 fully saturated rings. The van der Waals surface area contributed by atoms with Crippen LogP contribution in [0.5, 0.6) is 5.88 Å². The zero-order chi connectivity index (χ0) is 11.4. The van der Waals surface area contributed by atoms with Gasteiger partial charge in [0, 0.05) is 13.2 Å². The highest BCUT2D eigenvalue weighted by molar-refractivity contribution is 5.96. The van der Waals surface area contributed by atoms with Crippen molar-refractivity contribution in [3.05, 3.63) is 17.4 Å². The second kappa shape index (κ2) is 4.50. The molecule has 0 amide bonds. The van der Waals surface area contributed by atoms with E-state index in [9.17, 15) is 4.79 Å². The molecular formula is C9H12N4O2. The zero-order valence-electron chi connectivity index (χ0n) is 8.81. The standard InChI is InChI=1S/C9H12N4O2/c1-6(14)7-4-13(5-11-2)9(10)12-8(7)15-3/h4-5,10H,1-3H3. The molecule has 15 heavy (non-hydrogen) atoms. The number of ether oxygens (including phenoxy) is 1. The van der Waals surface area contributed by atoms with Crippen LogP contribution in [0.3, 0.4) is 0 Å². The summed E-state index contributed by atoms with van der Waals surface area (Å²) in [7, 11) is 2.98. The highest BCUT2D eigenvalue weighted by atomic mass is 16.5. The number of carbonyl (C=O) groups excluding carboxylic acids is 1. The number of ketones is 1. The maximum Gasteiger partial charge on any atom is 0.230 e. The molecule has 6 nitrogen and oxygen atoms in total. The molecule has 0 saturated carbocycles. The van der Waals surface area contributed by atoms with E-state index in [0.717, 1.165) is 0 Å². The summed E-state index contributed by atoms with van der Waals surface area (Å²) < 4.78 is 6.26. The van der Waals surface area contributed by atoms with Gasteiger partial charge in [-0.25, -0.2) is 0 Å². The lowest BCUT2D eigenvalue weighted by Gasteiger charge is -2.06. The summed E-state index contributed by atoms with van der Waals surface area (Å²) in [5.74, 6) is -0.00847. The molecule has 1 aromatic heterocycles. The van der Waals surface area contributed by atoms with Crippen LogP contribution in [-0.2, 0) is 0 Å². The minimum Gasteiger partial charge on any atom is -0.480 e. The first-order valence-corrected chi connectivity index (χ1v) is 4.25. The van der Waals surface area contributed by atoms with Crippen molar-refractivity contribution in [3.63, 3.8) is 0 Å². The fourth-order valence-corrected chi connectivity index (χ4v) is 1.08. The molecule has 0 radical (unpaired) electrons. The monoisotopic (exact) mass is 208 g/mol. The van der Waals surface area contributed by atoms with Crippen LogP contribution < -0.4 is 10.4 Å². The van der Waals surface area contributed by atoms with Gasteiger partial charge in [0.05, 0.1) is 19.0 Å². The van der Waals surface area contributed by atoms with Gasteiger partial charge in [0.15, 0.2) is 5.78 Å². The fourth-order valence-electron chi connectivity index (χ4n) is 1.08. The van der Waals surface area contributed by atoms with Crippen molar-refractivity contribution < 1.29 is 9.53 Å². The lowest BCUT2D eigenvalue weighted by molar-refractivity contribution is 0.101. The second-order valence-corrected chi connectivity index (χ2v) is 2.82. The van der Waals surface area contributed by atoms with Crippen LogP contribution in [-0.4, -0.2) is 35.8 Å². The Bertz CT molecular complexity index is 462. The predicted octanol–water partition coefficient (Wildman–Crippen LogP) is 0.0800. The van der Waals surface area contributed by atoms with Gasteiger partial charge in [-0.3, -0.25) is 19.8 Å². The van der Waals surface area contributed by atoms with Crippen LogP contribution in [0.4, 0.5) is 0 Å². The number of aromatic nitrogens is 2. The van der Waals surface area contributed by atoms with Crippen molar-refractivity contribution in [2.75, 3.05) is 14.2 Å². The number of rotatable bonds is 3. The Balaban J connectivity index is 3.43. The van der Waals surface area contributed by atoms with Gasteiger partial charge in [0.2, 0.25) is 11.5 Å². The number of methoxy groups -OCH3 is 1. The Morgan fingerprint density at radius 3 is 2.87 bits per heavy atom. The van der Waals surface area contributed by atoms with E-state index in [1.807, 2.05) is 0 Å². The first kappa shape index (κ1) is 11.1. The molecule has 6 heteroatoms. The molecule has 0 aliphatic heterocycles. The average Bonchev–Trinajstić information content (AvgIpc) is 2.20. The lowest BCUT2D eigenvalue weighted by atomic mass is 10.2. The van der Waals surface area contributed by atoms with Crippen molar-refractivity contribution in [3.8, 4) is 5.88 Å². The summed E-state index contributed by atoms with van der Waals surface area (Å²) in [5, 5.41) is 7.53. The zero-order valence-corrected chi connectivity index (χ0v) is 8.81. The van der Waals surface area contributed by atoms with Crippen molar-refractivity contribution in [2.45, 2.75) is 6.92 Å². The number of nitrogens with one attached hydrogen (secondary N) is 1. The number of aliphatic imine (C=N–C) groups is 1. The number of nitrogens with zero attached hydrogens (tertiary/aromatic N) is 3. The smallest absolute Gasteiger partial charge is 0.230 e. The van der Waals surface area contributed by atoms with Gasteiger partial charge >= 0.3 is 0 Å². The minimum absolute atomic E-state index is 0.0394. The van der Waals surface area contributed by atoms with Gasteiger partial charge in [0.1, 0.15) is 0 Å². The Morgan fingerprint density at radius 2 is 2.40 bits per heavy atom. The van der Waals surface area contributed by atoms with Gasteiger partial charge in [0.25, 0.3) is 0 Å². The Hall–Kier alpha value is -1.98. The van der Waals surface area contributed by atoms with Gasteiger partial charge in [-0.05, 0) is 6.92 Å². The van der Waals surface area contributed by atoms with E-state index in [1.165, 1.54) is 31.1 Å². The Morgan fingerprint density at radius 1 is 1.73 bits per heavy atom. The van der Waals surface area contributed by atoms with Crippen molar-refractivity contribution in [1.82, 2.24) is 9.55 Å². The van der Waals surface area contributed by atoms with Crippen LogP contribution in [0.15, 0.2) is 11.2 Å². The van der Waals surface area contributed by atoms with Crippen LogP contribution >= 0.6 is 0 Å². The number of hydrogen-bond donors (Lipinski definition) is 1. The van der Waals surface area contributed by atoms with Crippen molar-refractivity contribution >= 4 is 12.1 Å². The van der Waals surface area contributed by atoms with Gasteiger partial charge in [-0.1, -0.05) is 0 Å². The second-order valence-electron chi connectivity index (χ2n) is 2.82. The summed E-state index contributed by atoms with van der Waals surface area (Å²) >= 11 is 0. The van der Waals surface area contributed by atoms with E-state index in [0.29, 0.717) is 5.56 Å².